The van der Waals surface area contributed by atoms with Crippen molar-refractivity contribution >= 4 is 23.6 Å². The summed E-state index contributed by atoms with van der Waals surface area (Å²) in [6.45, 7) is 3.45. The van der Waals surface area contributed by atoms with Crippen molar-refractivity contribution < 1.29 is 19.2 Å². The van der Waals surface area contributed by atoms with Crippen molar-refractivity contribution in [3.63, 3.8) is 0 Å². The lowest BCUT2D eigenvalue weighted by atomic mass is 9.98. The van der Waals surface area contributed by atoms with Crippen LogP contribution in [0.5, 0.6) is 0 Å². The van der Waals surface area contributed by atoms with Gasteiger partial charge in [-0.05, 0) is 24.6 Å². The number of hydrogen-bond acceptors (Lipinski definition) is 4. The van der Waals surface area contributed by atoms with Crippen LogP contribution in [-0.2, 0) is 9.59 Å². The van der Waals surface area contributed by atoms with Crippen LogP contribution < -0.4 is 10.6 Å². The van der Waals surface area contributed by atoms with Crippen molar-refractivity contribution in [1.82, 2.24) is 15.5 Å². The van der Waals surface area contributed by atoms with Crippen molar-refractivity contribution in [1.29, 1.82) is 0 Å². The van der Waals surface area contributed by atoms with E-state index in [1.165, 1.54) is 19.1 Å². The second-order valence-corrected chi connectivity index (χ2v) is 6.06. The minimum atomic E-state index is -1.69. The molecule has 0 fully saturated rings. The van der Waals surface area contributed by atoms with Crippen LogP contribution in [0.3, 0.4) is 0 Å². The fourth-order valence-corrected chi connectivity index (χ4v) is 2.72. The van der Waals surface area contributed by atoms with Crippen LogP contribution in [0.25, 0.3) is 0 Å². The Labute approximate surface area is 157 Å². The maximum atomic E-state index is 12.5. The van der Waals surface area contributed by atoms with Gasteiger partial charge in [-0.2, -0.15) is 0 Å². The number of hydrogen-bond donors (Lipinski definition) is 2. The minimum absolute atomic E-state index is 0.0730. The summed E-state index contributed by atoms with van der Waals surface area (Å²) < 4.78 is 0. The van der Waals surface area contributed by atoms with Gasteiger partial charge in [0.2, 0.25) is 5.91 Å². The van der Waals surface area contributed by atoms with Crippen molar-refractivity contribution in [2.45, 2.75) is 25.8 Å². The van der Waals surface area contributed by atoms with E-state index in [1.54, 1.807) is 24.3 Å². The molecule has 27 heavy (non-hydrogen) atoms. The second kappa shape index (κ2) is 8.32. The largest absolute Gasteiger partial charge is 0.353 e. The summed E-state index contributed by atoms with van der Waals surface area (Å²) in [5, 5.41) is 5.10. The molecule has 0 bridgehead atoms. The van der Waals surface area contributed by atoms with Crippen molar-refractivity contribution in [2.75, 3.05) is 13.1 Å². The predicted molar refractivity (Wildman–Crippen MR) is 99.6 cm³/mol. The molecule has 7 nitrogen and oxygen atoms in total. The number of nitrogens with one attached hydrogen (secondary N) is 2. The van der Waals surface area contributed by atoms with Crippen LogP contribution in [0.4, 0.5) is 0 Å². The molecule has 1 aromatic carbocycles. The lowest BCUT2D eigenvalue weighted by Crippen LogP contribution is -2.56. The highest BCUT2D eigenvalue weighted by molar-refractivity contribution is 6.21. The predicted octanol–water partition coefficient (Wildman–Crippen LogP) is 0.873. The van der Waals surface area contributed by atoms with Crippen LogP contribution >= 0.6 is 0 Å². The summed E-state index contributed by atoms with van der Waals surface area (Å²) in [7, 11) is 0. The van der Waals surface area contributed by atoms with Gasteiger partial charge >= 0.3 is 0 Å². The first-order valence-electron chi connectivity index (χ1n) is 8.54. The number of carbonyl (C=O) groups is 4. The van der Waals surface area contributed by atoms with Gasteiger partial charge in [0.25, 0.3) is 17.7 Å². The molecule has 0 spiro atoms. The molecule has 0 aliphatic carbocycles. The average Bonchev–Trinajstić information content (AvgIpc) is 2.90. The lowest BCUT2D eigenvalue weighted by Gasteiger charge is -2.25. The zero-order valence-corrected chi connectivity index (χ0v) is 15.2. The quantitative estimate of drug-likeness (QED) is 0.425. The zero-order valence-electron chi connectivity index (χ0n) is 15.2. The number of terminal acetylenes is 1. The SMILES string of the molecule is C#CC(C=CCN1C(=O)c2ccccc2C1=O)(NC(C)=O)C(=O)NCCC. The van der Waals surface area contributed by atoms with E-state index in [9.17, 15) is 19.2 Å². The topological polar surface area (TPSA) is 95.6 Å². The lowest BCUT2D eigenvalue weighted by molar-refractivity contribution is -0.129. The molecule has 2 rings (SSSR count). The standard InChI is InChI=1S/C20H21N3O4/c1-4-12-21-19(27)20(5-2,22-14(3)24)11-8-13-23-17(25)15-9-6-7-10-16(15)18(23)26/h2,6-11H,4,12-13H2,1,3H3,(H,21,27)(H,22,24). The normalized spacial score (nSPS) is 15.2. The number of imide groups is 1. The molecule has 1 atom stereocenters. The van der Waals surface area contributed by atoms with Crippen LogP contribution in [0.2, 0.25) is 0 Å². The Hall–Kier alpha value is -3.40. The Morgan fingerprint density at radius 1 is 1.22 bits per heavy atom. The van der Waals surface area contributed by atoms with E-state index >= 15 is 0 Å². The number of amides is 4. The van der Waals surface area contributed by atoms with Crippen molar-refractivity contribution in [3.8, 4) is 12.3 Å². The second-order valence-electron chi connectivity index (χ2n) is 6.06. The van der Waals surface area contributed by atoms with Gasteiger partial charge < -0.3 is 10.6 Å². The van der Waals surface area contributed by atoms with Crippen molar-refractivity contribution in [2.24, 2.45) is 0 Å². The van der Waals surface area contributed by atoms with Gasteiger partial charge in [-0.3, -0.25) is 24.1 Å². The highest BCUT2D eigenvalue weighted by Crippen LogP contribution is 2.22. The molecule has 0 saturated heterocycles. The zero-order chi connectivity index (χ0) is 20.0. The molecule has 2 N–H and O–H groups in total. The van der Waals surface area contributed by atoms with Crippen LogP contribution in [0, 0.1) is 12.3 Å². The Morgan fingerprint density at radius 2 is 1.81 bits per heavy atom. The monoisotopic (exact) mass is 367 g/mol. The van der Waals surface area contributed by atoms with Crippen molar-refractivity contribution in [3.05, 3.63) is 47.5 Å². The fraction of sp³-hybridized carbons (Fsp3) is 0.300. The summed E-state index contributed by atoms with van der Waals surface area (Å²) in [5.41, 5.74) is -1.03. The van der Waals surface area contributed by atoms with E-state index in [0.29, 0.717) is 24.1 Å². The van der Waals surface area contributed by atoms with Gasteiger partial charge in [0.15, 0.2) is 5.54 Å². The number of fused-ring (bicyclic) bond motifs is 1. The van der Waals surface area contributed by atoms with E-state index in [0.717, 1.165) is 4.90 Å². The van der Waals surface area contributed by atoms with Gasteiger partial charge in [-0.25, -0.2) is 0 Å². The van der Waals surface area contributed by atoms with E-state index in [4.69, 9.17) is 6.42 Å². The number of carbonyl (C=O) groups excluding carboxylic acids is 4. The number of benzene rings is 1. The molecule has 0 radical (unpaired) electrons. The van der Waals surface area contributed by atoms with Gasteiger partial charge in [0.05, 0.1) is 11.1 Å². The fourth-order valence-electron chi connectivity index (χ4n) is 2.72. The third-order valence-electron chi connectivity index (χ3n) is 4.03. The molecule has 1 aliphatic heterocycles. The minimum Gasteiger partial charge on any atom is -0.353 e. The Kier molecular flexibility index (Phi) is 6.14. The Bertz CT molecular complexity index is 818. The van der Waals surface area contributed by atoms with Crippen LogP contribution in [-0.4, -0.2) is 47.2 Å². The molecule has 7 heteroatoms. The van der Waals surface area contributed by atoms with Gasteiger partial charge in [0, 0.05) is 20.0 Å². The van der Waals surface area contributed by atoms with Crippen LogP contribution in [0.15, 0.2) is 36.4 Å². The average molecular weight is 367 g/mol. The molecule has 1 aliphatic rings. The first kappa shape index (κ1) is 19.9. The summed E-state index contributed by atoms with van der Waals surface area (Å²) in [6.07, 6.45) is 8.98. The number of rotatable bonds is 7. The van der Waals surface area contributed by atoms with E-state index in [-0.39, 0.29) is 6.54 Å². The van der Waals surface area contributed by atoms with E-state index in [1.807, 2.05) is 6.92 Å². The Morgan fingerprint density at radius 3 is 2.30 bits per heavy atom. The molecular weight excluding hydrogens is 346 g/mol. The summed E-state index contributed by atoms with van der Waals surface area (Å²) in [6, 6.07) is 6.53. The maximum absolute atomic E-state index is 12.5. The first-order chi connectivity index (χ1) is 12.9. The molecule has 0 saturated carbocycles. The maximum Gasteiger partial charge on any atom is 0.262 e. The molecule has 1 unspecified atom stereocenters. The molecule has 1 aromatic rings. The Balaban J connectivity index is 2.21. The van der Waals surface area contributed by atoms with Gasteiger partial charge in [-0.1, -0.05) is 31.1 Å². The molecule has 0 aromatic heterocycles. The highest BCUT2D eigenvalue weighted by atomic mass is 16.2. The third kappa shape index (κ3) is 4.06. The van der Waals surface area contributed by atoms with E-state index < -0.39 is 29.2 Å². The molecule has 4 amide bonds. The molecule has 140 valence electrons. The molecular formula is C20H21N3O4. The van der Waals surface area contributed by atoms with Crippen LogP contribution in [0.1, 0.15) is 41.0 Å². The summed E-state index contributed by atoms with van der Waals surface area (Å²) >= 11 is 0. The van der Waals surface area contributed by atoms with Gasteiger partial charge in [-0.15, -0.1) is 6.42 Å². The summed E-state index contributed by atoms with van der Waals surface area (Å²) in [5.74, 6) is 0.434. The third-order valence-corrected chi connectivity index (χ3v) is 4.03. The first-order valence-corrected chi connectivity index (χ1v) is 8.54. The highest BCUT2D eigenvalue weighted by Gasteiger charge is 2.36. The van der Waals surface area contributed by atoms with E-state index in [2.05, 4.69) is 16.6 Å². The smallest absolute Gasteiger partial charge is 0.262 e. The molecule has 1 heterocycles. The number of nitrogens with zero attached hydrogens (tertiary/aromatic N) is 1. The van der Waals surface area contributed by atoms with Gasteiger partial charge in [0.1, 0.15) is 0 Å². The summed E-state index contributed by atoms with van der Waals surface area (Å²) in [4.78, 5) is 49.8.